The maximum Gasteiger partial charge on any atom is 0.304 e. The molecule has 2 heterocycles. The molecule has 0 amide bonds. The van der Waals surface area contributed by atoms with Gasteiger partial charge in [-0.1, -0.05) is 0 Å². The van der Waals surface area contributed by atoms with Crippen molar-refractivity contribution in [1.82, 2.24) is 4.98 Å². The number of aromatic nitrogens is 1. The number of rotatable bonds is 2. The number of fused-ring (bicyclic) bond motifs is 1. The van der Waals surface area contributed by atoms with Gasteiger partial charge in [-0.15, -0.1) is 0 Å². The fraction of sp³-hybridized carbons (Fsp3) is 0.333. The van der Waals surface area contributed by atoms with Crippen LogP contribution < -0.4 is 10.5 Å². The molecule has 0 aromatic carbocycles. The van der Waals surface area contributed by atoms with E-state index in [0.717, 1.165) is 5.56 Å². The van der Waals surface area contributed by atoms with E-state index in [0.29, 0.717) is 18.2 Å². The van der Waals surface area contributed by atoms with E-state index in [4.69, 9.17) is 15.6 Å². The smallest absolute Gasteiger partial charge is 0.304 e. The van der Waals surface area contributed by atoms with Gasteiger partial charge < -0.3 is 15.6 Å². The second kappa shape index (κ2) is 3.17. The minimum Gasteiger partial charge on any atom is -0.492 e. The van der Waals surface area contributed by atoms with Gasteiger partial charge in [0, 0.05) is 23.7 Å². The summed E-state index contributed by atoms with van der Waals surface area (Å²) in [6.07, 6.45) is 1.66. The van der Waals surface area contributed by atoms with Crippen LogP contribution in [0.1, 0.15) is 17.9 Å². The van der Waals surface area contributed by atoms with Gasteiger partial charge in [0.25, 0.3) is 0 Å². The highest BCUT2D eigenvalue weighted by atomic mass is 16.5. The first-order chi connectivity index (χ1) is 6.66. The summed E-state index contributed by atoms with van der Waals surface area (Å²) in [4.78, 5) is 14.4. The van der Waals surface area contributed by atoms with Gasteiger partial charge in [0.15, 0.2) is 0 Å². The molecule has 0 saturated heterocycles. The number of nitrogens with two attached hydrogens (primary N) is 1. The van der Waals surface area contributed by atoms with Crippen LogP contribution in [0.25, 0.3) is 0 Å². The molecule has 0 radical (unpaired) electrons. The van der Waals surface area contributed by atoms with Crippen LogP contribution in [-0.4, -0.2) is 22.7 Å². The molecule has 1 unspecified atom stereocenters. The van der Waals surface area contributed by atoms with Crippen molar-refractivity contribution in [3.63, 3.8) is 0 Å². The molecule has 5 nitrogen and oxygen atoms in total. The molecule has 1 aromatic rings. The Balaban J connectivity index is 2.26. The van der Waals surface area contributed by atoms with Crippen molar-refractivity contribution >= 4 is 11.8 Å². The first-order valence-corrected chi connectivity index (χ1v) is 4.27. The molecule has 1 aliphatic rings. The molecule has 0 aliphatic carbocycles. The molecule has 5 heteroatoms. The third-order valence-corrected chi connectivity index (χ3v) is 2.22. The minimum atomic E-state index is -0.830. The molecule has 0 spiro atoms. The Hall–Kier alpha value is -1.78. The second-order valence-corrected chi connectivity index (χ2v) is 3.25. The zero-order valence-electron chi connectivity index (χ0n) is 7.43. The van der Waals surface area contributed by atoms with Gasteiger partial charge in [-0.3, -0.25) is 4.79 Å². The van der Waals surface area contributed by atoms with Gasteiger partial charge in [0.1, 0.15) is 11.6 Å². The number of nitrogens with zero attached hydrogens (tertiary/aromatic N) is 1. The van der Waals surface area contributed by atoms with Crippen LogP contribution in [0.4, 0.5) is 5.82 Å². The highest BCUT2D eigenvalue weighted by Crippen LogP contribution is 2.35. The average molecular weight is 194 g/mol. The van der Waals surface area contributed by atoms with E-state index in [2.05, 4.69) is 4.98 Å². The van der Waals surface area contributed by atoms with E-state index in [9.17, 15) is 4.79 Å². The fourth-order valence-electron chi connectivity index (χ4n) is 1.55. The predicted octanol–water partition coefficient (Wildman–Crippen LogP) is 0.615. The number of aliphatic carboxylic acids is 1. The summed E-state index contributed by atoms with van der Waals surface area (Å²) in [5, 5.41) is 8.65. The summed E-state index contributed by atoms with van der Waals surface area (Å²) in [6, 6.07) is 1.62. The third kappa shape index (κ3) is 1.48. The molecular weight excluding hydrogens is 184 g/mol. The van der Waals surface area contributed by atoms with Crippen LogP contribution in [0.15, 0.2) is 12.3 Å². The molecule has 3 N–H and O–H groups in total. The van der Waals surface area contributed by atoms with Crippen LogP contribution in [0.2, 0.25) is 0 Å². The lowest BCUT2D eigenvalue weighted by atomic mass is 10.00. The van der Waals surface area contributed by atoms with Gasteiger partial charge in [0.2, 0.25) is 0 Å². The SMILES string of the molecule is Nc1cc2c(cn1)C(CC(=O)O)CO2. The van der Waals surface area contributed by atoms with E-state index in [1.54, 1.807) is 12.3 Å². The highest BCUT2D eigenvalue weighted by molar-refractivity contribution is 5.68. The third-order valence-electron chi connectivity index (χ3n) is 2.22. The van der Waals surface area contributed by atoms with E-state index >= 15 is 0 Å². The van der Waals surface area contributed by atoms with Crippen LogP contribution in [0.5, 0.6) is 5.75 Å². The number of hydrogen-bond acceptors (Lipinski definition) is 4. The van der Waals surface area contributed by atoms with Crippen molar-refractivity contribution in [2.75, 3.05) is 12.3 Å². The topological polar surface area (TPSA) is 85.4 Å². The van der Waals surface area contributed by atoms with Gasteiger partial charge in [-0.05, 0) is 0 Å². The van der Waals surface area contributed by atoms with Crippen molar-refractivity contribution in [2.24, 2.45) is 0 Å². The first kappa shape index (κ1) is 8.80. The van der Waals surface area contributed by atoms with E-state index in [-0.39, 0.29) is 12.3 Å². The fourth-order valence-corrected chi connectivity index (χ4v) is 1.55. The van der Waals surface area contributed by atoms with E-state index in [1.807, 2.05) is 0 Å². The zero-order chi connectivity index (χ0) is 10.1. The van der Waals surface area contributed by atoms with Gasteiger partial charge in [-0.2, -0.15) is 0 Å². The van der Waals surface area contributed by atoms with Crippen LogP contribution in [0, 0.1) is 0 Å². The quantitative estimate of drug-likeness (QED) is 0.720. The summed E-state index contributed by atoms with van der Waals surface area (Å²) in [6.45, 7) is 0.396. The average Bonchev–Trinajstić information content (AvgIpc) is 2.47. The Labute approximate surface area is 80.5 Å². The number of ether oxygens (including phenoxy) is 1. The van der Waals surface area contributed by atoms with Crippen molar-refractivity contribution in [3.8, 4) is 5.75 Å². The Kier molecular flexibility index (Phi) is 1.99. The van der Waals surface area contributed by atoms with Crippen molar-refractivity contribution < 1.29 is 14.6 Å². The molecule has 0 fully saturated rings. The predicted molar refractivity (Wildman–Crippen MR) is 49.1 cm³/mol. The number of pyridine rings is 1. The summed E-state index contributed by atoms with van der Waals surface area (Å²) in [5.74, 6) is 0.113. The van der Waals surface area contributed by atoms with Crippen molar-refractivity contribution in [3.05, 3.63) is 17.8 Å². The Morgan fingerprint density at radius 2 is 2.57 bits per heavy atom. The number of nitrogen functional groups attached to an aromatic ring is 1. The van der Waals surface area contributed by atoms with Gasteiger partial charge in [-0.25, -0.2) is 4.98 Å². The summed E-state index contributed by atoms with van der Waals surface area (Å²) in [5.41, 5.74) is 6.30. The summed E-state index contributed by atoms with van der Waals surface area (Å²) in [7, 11) is 0. The Morgan fingerprint density at radius 3 is 3.29 bits per heavy atom. The van der Waals surface area contributed by atoms with Crippen LogP contribution in [-0.2, 0) is 4.79 Å². The zero-order valence-corrected chi connectivity index (χ0v) is 7.43. The molecule has 1 atom stereocenters. The van der Waals surface area contributed by atoms with Crippen LogP contribution >= 0.6 is 0 Å². The van der Waals surface area contributed by atoms with Crippen LogP contribution in [0.3, 0.4) is 0 Å². The second-order valence-electron chi connectivity index (χ2n) is 3.25. The monoisotopic (exact) mass is 194 g/mol. The number of carbonyl (C=O) groups is 1. The minimum absolute atomic E-state index is 0.0681. The van der Waals surface area contributed by atoms with Crippen molar-refractivity contribution in [1.29, 1.82) is 0 Å². The lowest BCUT2D eigenvalue weighted by Crippen LogP contribution is -2.07. The lowest BCUT2D eigenvalue weighted by molar-refractivity contribution is -0.137. The molecule has 2 rings (SSSR count). The molecular formula is C9H10N2O3. The highest BCUT2D eigenvalue weighted by Gasteiger charge is 2.26. The lowest BCUT2D eigenvalue weighted by Gasteiger charge is -2.03. The molecule has 1 aliphatic heterocycles. The largest absolute Gasteiger partial charge is 0.492 e. The van der Waals surface area contributed by atoms with E-state index < -0.39 is 5.97 Å². The standard InChI is InChI=1S/C9H10N2O3/c10-8-2-7-6(3-11-8)5(4-14-7)1-9(12)13/h2-3,5H,1,4H2,(H2,10,11)(H,12,13). The number of hydrogen-bond donors (Lipinski definition) is 2. The van der Waals surface area contributed by atoms with Gasteiger partial charge in [0.05, 0.1) is 13.0 Å². The molecule has 74 valence electrons. The number of carboxylic acids is 1. The number of carboxylic acid groups (broad SMARTS) is 1. The summed E-state index contributed by atoms with van der Waals surface area (Å²) < 4.78 is 5.31. The first-order valence-electron chi connectivity index (χ1n) is 4.27. The molecule has 0 bridgehead atoms. The normalized spacial score (nSPS) is 18.7. The summed E-state index contributed by atoms with van der Waals surface area (Å²) >= 11 is 0. The maximum atomic E-state index is 10.5. The Bertz CT molecular complexity index is 378. The number of anilines is 1. The maximum absolute atomic E-state index is 10.5. The molecule has 14 heavy (non-hydrogen) atoms. The van der Waals surface area contributed by atoms with Gasteiger partial charge >= 0.3 is 5.97 Å². The van der Waals surface area contributed by atoms with Crippen molar-refractivity contribution in [2.45, 2.75) is 12.3 Å². The molecule has 0 saturated carbocycles. The van der Waals surface area contributed by atoms with E-state index in [1.165, 1.54) is 0 Å². The molecule has 1 aromatic heterocycles. The Morgan fingerprint density at radius 1 is 1.79 bits per heavy atom.